The lowest BCUT2D eigenvalue weighted by molar-refractivity contribution is 0.132. The van der Waals surface area contributed by atoms with E-state index in [0.717, 1.165) is 28.4 Å². The second-order valence-electron chi connectivity index (χ2n) is 8.10. The van der Waals surface area contributed by atoms with Crippen LogP contribution in [0.15, 0.2) is 29.1 Å². The summed E-state index contributed by atoms with van der Waals surface area (Å²) in [5, 5.41) is 1.14. The van der Waals surface area contributed by atoms with E-state index >= 15 is 0 Å². The van der Waals surface area contributed by atoms with Gasteiger partial charge in [-0.15, -0.1) is 11.3 Å². The lowest BCUT2D eigenvalue weighted by Gasteiger charge is -2.37. The normalized spacial score (nSPS) is 25.3. The minimum Gasteiger partial charge on any atom is -0.468 e. The van der Waals surface area contributed by atoms with Crippen molar-refractivity contribution in [3.8, 4) is 0 Å². The molecule has 5 rings (SSSR count). The van der Waals surface area contributed by atoms with Gasteiger partial charge in [0.05, 0.1) is 18.2 Å². The first kappa shape index (κ1) is 17.2. The molecule has 2 aliphatic rings. The first-order valence-electron chi connectivity index (χ1n) is 9.95. The van der Waals surface area contributed by atoms with Gasteiger partial charge in [-0.05, 0) is 68.7 Å². The smallest absolute Gasteiger partial charge is 0.135 e. The lowest BCUT2D eigenvalue weighted by atomic mass is 9.75. The third kappa shape index (κ3) is 3.05. The Morgan fingerprint density at radius 1 is 1.30 bits per heavy atom. The predicted octanol–water partition coefficient (Wildman–Crippen LogP) is 4.59. The van der Waals surface area contributed by atoms with Crippen molar-refractivity contribution < 1.29 is 4.42 Å². The van der Waals surface area contributed by atoms with Gasteiger partial charge < -0.3 is 10.2 Å². The van der Waals surface area contributed by atoms with Crippen LogP contribution >= 0.6 is 11.3 Å². The highest BCUT2D eigenvalue weighted by Gasteiger charge is 2.37. The maximum Gasteiger partial charge on any atom is 0.135 e. The minimum atomic E-state index is 0.613. The molecule has 0 amide bonds. The average molecular weight is 383 g/mol. The summed E-state index contributed by atoms with van der Waals surface area (Å²) in [6.07, 6.45) is 10.9. The molecule has 1 fully saturated rings. The average Bonchev–Trinajstić information content (AvgIpc) is 3.38. The fraction of sp³-hybridized carbons (Fsp3) is 0.524. The molecule has 2 aliphatic carbocycles. The molecule has 0 aliphatic heterocycles. The Balaban J connectivity index is 1.38. The van der Waals surface area contributed by atoms with Gasteiger partial charge >= 0.3 is 0 Å². The van der Waals surface area contributed by atoms with Crippen LogP contribution in [0.25, 0.3) is 10.2 Å². The highest BCUT2D eigenvalue weighted by Crippen LogP contribution is 2.50. The zero-order chi connectivity index (χ0) is 18.4. The molecule has 0 saturated heterocycles. The molecule has 0 aromatic carbocycles. The van der Waals surface area contributed by atoms with Crippen LogP contribution < -0.4 is 5.73 Å². The van der Waals surface area contributed by atoms with E-state index < -0.39 is 0 Å². The Bertz CT molecular complexity index is 935. The number of thiophene rings is 1. The van der Waals surface area contributed by atoms with Crippen LogP contribution in [0, 0.1) is 5.92 Å². The Labute approximate surface area is 163 Å². The molecular formula is C21H26N4OS. The number of nitrogens with zero attached hydrogens (tertiary/aromatic N) is 3. The van der Waals surface area contributed by atoms with Crippen LogP contribution in [-0.2, 0) is 13.0 Å². The van der Waals surface area contributed by atoms with Gasteiger partial charge in [-0.25, -0.2) is 9.97 Å². The van der Waals surface area contributed by atoms with Gasteiger partial charge in [0, 0.05) is 10.9 Å². The monoisotopic (exact) mass is 382 g/mol. The molecule has 6 heteroatoms. The summed E-state index contributed by atoms with van der Waals surface area (Å²) < 4.78 is 5.55. The molecule has 1 saturated carbocycles. The zero-order valence-corrected chi connectivity index (χ0v) is 16.5. The largest absolute Gasteiger partial charge is 0.468 e. The standard InChI is InChI=1S/C21H26N4OS/c1-25(11-15-6-3-9-26-15)14-5-2-4-13(10-14)16-7-8-17-18(16)19-20(22)23-12-24-21(19)27-17/h3,6,9,12-14,16H,2,4-5,7-8,10-11H2,1H3,(H2,22,23,24)/t13?,14-,16?/m0/s1. The maximum atomic E-state index is 6.25. The predicted molar refractivity (Wildman–Crippen MR) is 109 cm³/mol. The molecule has 0 bridgehead atoms. The van der Waals surface area contributed by atoms with Crippen LogP contribution in [0.4, 0.5) is 5.82 Å². The molecular weight excluding hydrogens is 356 g/mol. The van der Waals surface area contributed by atoms with E-state index in [1.165, 1.54) is 49.0 Å². The zero-order valence-electron chi connectivity index (χ0n) is 15.7. The topological polar surface area (TPSA) is 68.2 Å². The molecule has 0 radical (unpaired) electrons. The summed E-state index contributed by atoms with van der Waals surface area (Å²) in [7, 11) is 2.24. The third-order valence-corrected chi connectivity index (χ3v) is 7.72. The van der Waals surface area contributed by atoms with Gasteiger partial charge in [0.2, 0.25) is 0 Å². The van der Waals surface area contributed by atoms with Crippen molar-refractivity contribution in [2.24, 2.45) is 5.92 Å². The summed E-state index contributed by atoms with van der Waals surface area (Å²) in [5.41, 5.74) is 7.73. The molecule has 3 aromatic rings. The van der Waals surface area contributed by atoms with Crippen molar-refractivity contribution in [3.05, 3.63) is 40.9 Å². The molecule has 3 aromatic heterocycles. The summed E-state index contributed by atoms with van der Waals surface area (Å²) >= 11 is 1.82. The van der Waals surface area contributed by atoms with Crippen molar-refractivity contribution >= 4 is 27.4 Å². The minimum absolute atomic E-state index is 0.613. The molecule has 142 valence electrons. The molecule has 3 heterocycles. The summed E-state index contributed by atoms with van der Waals surface area (Å²) in [6.45, 7) is 0.891. The van der Waals surface area contributed by atoms with E-state index in [1.54, 1.807) is 12.6 Å². The van der Waals surface area contributed by atoms with Crippen molar-refractivity contribution in [2.75, 3.05) is 12.8 Å². The number of anilines is 1. The number of aromatic nitrogens is 2. The van der Waals surface area contributed by atoms with Crippen molar-refractivity contribution in [3.63, 3.8) is 0 Å². The number of furan rings is 1. The van der Waals surface area contributed by atoms with Crippen LogP contribution in [0.2, 0.25) is 0 Å². The number of nitrogens with two attached hydrogens (primary N) is 1. The first-order chi connectivity index (χ1) is 13.2. The van der Waals surface area contributed by atoms with E-state index in [9.17, 15) is 0 Å². The quantitative estimate of drug-likeness (QED) is 0.715. The Morgan fingerprint density at radius 3 is 3.07 bits per heavy atom. The number of rotatable bonds is 4. The SMILES string of the molecule is CN(Cc1ccco1)[C@H]1CCCC(C2CCc3sc4ncnc(N)c4c32)C1. The molecule has 5 nitrogen and oxygen atoms in total. The Kier molecular flexibility index (Phi) is 4.40. The van der Waals surface area contributed by atoms with E-state index in [1.807, 2.05) is 17.4 Å². The van der Waals surface area contributed by atoms with Gasteiger partial charge in [-0.3, -0.25) is 4.90 Å². The highest BCUT2D eigenvalue weighted by molar-refractivity contribution is 7.19. The molecule has 0 spiro atoms. The molecule has 2 unspecified atom stereocenters. The van der Waals surface area contributed by atoms with Crippen molar-refractivity contribution in [1.82, 2.24) is 14.9 Å². The fourth-order valence-corrected chi connectivity index (χ4v) is 6.48. The maximum absolute atomic E-state index is 6.25. The number of hydrogen-bond acceptors (Lipinski definition) is 6. The van der Waals surface area contributed by atoms with Crippen molar-refractivity contribution in [1.29, 1.82) is 0 Å². The number of aryl methyl sites for hydroxylation is 1. The Hall–Kier alpha value is -1.92. The summed E-state index contributed by atoms with van der Waals surface area (Å²) in [4.78, 5) is 13.8. The van der Waals surface area contributed by atoms with Gasteiger partial charge in [0.25, 0.3) is 0 Å². The van der Waals surface area contributed by atoms with Gasteiger partial charge in [0.1, 0.15) is 22.7 Å². The number of hydrogen-bond donors (Lipinski definition) is 1. The first-order valence-corrected chi connectivity index (χ1v) is 10.8. The van der Waals surface area contributed by atoms with Crippen molar-refractivity contribution in [2.45, 2.75) is 57.0 Å². The molecule has 27 heavy (non-hydrogen) atoms. The van der Waals surface area contributed by atoms with Crippen LogP contribution in [0.1, 0.15) is 54.2 Å². The molecule has 2 N–H and O–H groups in total. The van der Waals surface area contributed by atoms with E-state index in [0.29, 0.717) is 17.8 Å². The van der Waals surface area contributed by atoms with E-state index in [-0.39, 0.29) is 0 Å². The second-order valence-corrected chi connectivity index (χ2v) is 9.18. The van der Waals surface area contributed by atoms with Gasteiger partial charge in [0.15, 0.2) is 0 Å². The lowest BCUT2D eigenvalue weighted by Crippen LogP contribution is -2.36. The molecule has 3 atom stereocenters. The van der Waals surface area contributed by atoms with E-state index in [2.05, 4.69) is 28.0 Å². The number of nitrogen functional groups attached to an aromatic ring is 1. The van der Waals surface area contributed by atoms with Crippen LogP contribution in [-0.4, -0.2) is 28.0 Å². The van der Waals surface area contributed by atoms with Gasteiger partial charge in [-0.1, -0.05) is 6.42 Å². The van der Waals surface area contributed by atoms with Crippen LogP contribution in [0.5, 0.6) is 0 Å². The fourth-order valence-electron chi connectivity index (χ4n) is 5.25. The second kappa shape index (κ2) is 6.91. The van der Waals surface area contributed by atoms with Crippen LogP contribution in [0.3, 0.4) is 0 Å². The Morgan fingerprint density at radius 2 is 2.22 bits per heavy atom. The van der Waals surface area contributed by atoms with E-state index in [4.69, 9.17) is 10.2 Å². The highest BCUT2D eigenvalue weighted by atomic mass is 32.1. The number of fused-ring (bicyclic) bond motifs is 3. The van der Waals surface area contributed by atoms with Gasteiger partial charge in [-0.2, -0.15) is 0 Å². The summed E-state index contributed by atoms with van der Waals surface area (Å²) in [5.74, 6) is 3.05. The summed E-state index contributed by atoms with van der Waals surface area (Å²) in [6, 6.07) is 4.66. The third-order valence-electron chi connectivity index (χ3n) is 6.55.